The van der Waals surface area contributed by atoms with E-state index in [1.54, 1.807) is 0 Å². The number of aliphatic hydroxyl groups is 1. The van der Waals surface area contributed by atoms with Crippen molar-refractivity contribution < 1.29 is 14.7 Å². The van der Waals surface area contributed by atoms with E-state index in [-0.39, 0.29) is 30.1 Å². The van der Waals surface area contributed by atoms with E-state index in [2.05, 4.69) is 33.0 Å². The SMILES string of the molecule is O=C(CCCC[C@@H]1SC[C@H]2NC(=O)N[C@H]12)NCc1ccccc1CN1CCC(O)CC1. The highest BCUT2D eigenvalue weighted by molar-refractivity contribution is 8.00. The quantitative estimate of drug-likeness (QED) is 0.344. The Labute approximate surface area is 188 Å². The van der Waals surface area contributed by atoms with Gasteiger partial charge in [-0.05, 0) is 36.8 Å². The van der Waals surface area contributed by atoms with Crippen LogP contribution in [0.25, 0.3) is 0 Å². The molecule has 0 bridgehead atoms. The van der Waals surface area contributed by atoms with Crippen molar-refractivity contribution in [1.29, 1.82) is 0 Å². The smallest absolute Gasteiger partial charge is 0.315 e. The number of benzene rings is 1. The number of carbonyl (C=O) groups is 2. The number of aliphatic hydroxyl groups excluding tert-OH is 1. The summed E-state index contributed by atoms with van der Waals surface area (Å²) in [4.78, 5) is 26.2. The van der Waals surface area contributed by atoms with Gasteiger partial charge in [0.2, 0.25) is 5.91 Å². The molecule has 170 valence electrons. The third-order valence-electron chi connectivity index (χ3n) is 6.63. The van der Waals surface area contributed by atoms with Crippen molar-refractivity contribution >= 4 is 23.7 Å². The van der Waals surface area contributed by atoms with Crippen LogP contribution in [0, 0.1) is 0 Å². The zero-order valence-electron chi connectivity index (χ0n) is 18.0. The Balaban J connectivity index is 1.15. The zero-order valence-corrected chi connectivity index (χ0v) is 18.8. The van der Waals surface area contributed by atoms with Crippen molar-refractivity contribution in [2.24, 2.45) is 0 Å². The van der Waals surface area contributed by atoms with Crippen LogP contribution < -0.4 is 16.0 Å². The third-order valence-corrected chi connectivity index (χ3v) is 8.13. The number of unbranched alkanes of at least 4 members (excludes halogenated alkanes) is 1. The van der Waals surface area contributed by atoms with Gasteiger partial charge >= 0.3 is 6.03 Å². The fraction of sp³-hybridized carbons (Fsp3) is 0.652. The second-order valence-electron chi connectivity index (χ2n) is 8.92. The van der Waals surface area contributed by atoms with Crippen molar-refractivity contribution in [3.05, 3.63) is 35.4 Å². The average Bonchev–Trinajstić information content (AvgIpc) is 3.31. The summed E-state index contributed by atoms with van der Waals surface area (Å²) >= 11 is 1.92. The van der Waals surface area contributed by atoms with Gasteiger partial charge in [0, 0.05) is 43.6 Å². The molecule has 1 aromatic carbocycles. The first-order valence-electron chi connectivity index (χ1n) is 11.5. The Bertz CT molecular complexity index is 769. The maximum atomic E-state index is 12.4. The molecule has 3 fully saturated rings. The molecular weight excluding hydrogens is 412 g/mol. The summed E-state index contributed by atoms with van der Waals surface area (Å²) in [6.45, 7) is 3.27. The van der Waals surface area contributed by atoms with Crippen molar-refractivity contribution in [2.75, 3.05) is 18.8 Å². The van der Waals surface area contributed by atoms with Gasteiger partial charge in [0.25, 0.3) is 0 Å². The van der Waals surface area contributed by atoms with Gasteiger partial charge in [-0.25, -0.2) is 4.79 Å². The zero-order chi connectivity index (χ0) is 21.6. The van der Waals surface area contributed by atoms with Crippen LogP contribution in [0.15, 0.2) is 24.3 Å². The van der Waals surface area contributed by atoms with E-state index in [0.717, 1.165) is 57.5 Å². The minimum absolute atomic E-state index is 0.0437. The standard InChI is InChI=1S/C23H34N4O3S/c28-18-9-11-27(12-10-18)14-17-6-2-1-5-16(17)13-24-21(29)8-4-3-7-20-22-19(15-31-20)25-23(30)26-22/h1-2,5-6,18-20,22,28H,3-4,7-15H2,(H,24,29)(H2,25,26,30)/t19-,20+,22+/m1/s1. The molecule has 0 saturated carbocycles. The molecule has 3 atom stereocenters. The summed E-state index contributed by atoms with van der Waals surface area (Å²) in [6, 6.07) is 8.76. The highest BCUT2D eigenvalue weighted by atomic mass is 32.2. The molecule has 0 unspecified atom stereocenters. The predicted octanol–water partition coefficient (Wildman–Crippen LogP) is 1.99. The number of rotatable bonds is 9. The predicted molar refractivity (Wildman–Crippen MR) is 123 cm³/mol. The first-order valence-corrected chi connectivity index (χ1v) is 12.6. The Hall–Kier alpha value is -1.77. The summed E-state index contributed by atoms with van der Waals surface area (Å²) in [7, 11) is 0. The van der Waals surface area contributed by atoms with Crippen molar-refractivity contribution in [2.45, 2.75) is 75.1 Å². The van der Waals surface area contributed by atoms with Crippen LogP contribution in [0.4, 0.5) is 4.79 Å². The van der Waals surface area contributed by atoms with Gasteiger partial charge in [-0.3, -0.25) is 9.69 Å². The largest absolute Gasteiger partial charge is 0.393 e. The van der Waals surface area contributed by atoms with E-state index in [4.69, 9.17) is 0 Å². The molecule has 1 aromatic rings. The molecule has 0 aliphatic carbocycles. The lowest BCUT2D eigenvalue weighted by molar-refractivity contribution is -0.121. The molecule has 31 heavy (non-hydrogen) atoms. The van der Waals surface area contributed by atoms with E-state index in [9.17, 15) is 14.7 Å². The highest BCUT2D eigenvalue weighted by Gasteiger charge is 2.42. The van der Waals surface area contributed by atoms with Crippen LogP contribution >= 0.6 is 11.8 Å². The van der Waals surface area contributed by atoms with Crippen LogP contribution in [0.2, 0.25) is 0 Å². The average molecular weight is 447 g/mol. The molecule has 3 heterocycles. The van der Waals surface area contributed by atoms with E-state index in [0.29, 0.717) is 18.2 Å². The Morgan fingerprint density at radius 1 is 1.16 bits per heavy atom. The van der Waals surface area contributed by atoms with Crippen molar-refractivity contribution in [1.82, 2.24) is 20.9 Å². The third kappa shape index (κ3) is 6.14. The summed E-state index contributed by atoms with van der Waals surface area (Å²) in [5.41, 5.74) is 2.42. The summed E-state index contributed by atoms with van der Waals surface area (Å²) < 4.78 is 0. The molecule has 0 radical (unpaired) electrons. The summed E-state index contributed by atoms with van der Waals surface area (Å²) in [5, 5.41) is 19.2. The monoisotopic (exact) mass is 446 g/mol. The molecule has 3 amide bonds. The molecule has 4 rings (SSSR count). The molecule has 0 aromatic heterocycles. The minimum Gasteiger partial charge on any atom is -0.393 e. The van der Waals surface area contributed by atoms with E-state index in [1.165, 1.54) is 11.1 Å². The molecular formula is C23H34N4O3S. The number of hydrogen-bond donors (Lipinski definition) is 4. The normalized spacial score (nSPS) is 26.4. The molecule has 3 saturated heterocycles. The number of amides is 3. The van der Waals surface area contributed by atoms with Gasteiger partial charge in [0.05, 0.1) is 18.2 Å². The van der Waals surface area contributed by atoms with Gasteiger partial charge in [-0.15, -0.1) is 0 Å². The highest BCUT2D eigenvalue weighted by Crippen LogP contribution is 2.33. The number of thioether (sulfide) groups is 1. The number of carbonyl (C=O) groups excluding carboxylic acids is 2. The lowest BCUT2D eigenvalue weighted by Crippen LogP contribution is -2.36. The first kappa shape index (κ1) is 22.4. The maximum Gasteiger partial charge on any atom is 0.315 e. The Kier molecular flexibility index (Phi) is 7.74. The van der Waals surface area contributed by atoms with Gasteiger partial charge in [0.15, 0.2) is 0 Å². The van der Waals surface area contributed by atoms with E-state index >= 15 is 0 Å². The number of likely N-dealkylation sites (tertiary alicyclic amines) is 1. The fourth-order valence-electron chi connectivity index (χ4n) is 4.76. The molecule has 8 heteroatoms. The van der Waals surface area contributed by atoms with E-state index < -0.39 is 0 Å². The van der Waals surface area contributed by atoms with Crippen molar-refractivity contribution in [3.8, 4) is 0 Å². The molecule has 4 N–H and O–H groups in total. The van der Waals surface area contributed by atoms with Gasteiger partial charge in [-0.1, -0.05) is 30.7 Å². The first-order chi connectivity index (χ1) is 15.1. The minimum atomic E-state index is -0.159. The Morgan fingerprint density at radius 2 is 1.94 bits per heavy atom. The molecule has 7 nitrogen and oxygen atoms in total. The van der Waals surface area contributed by atoms with Crippen LogP contribution in [-0.4, -0.2) is 64.2 Å². The molecule has 3 aliphatic rings. The number of urea groups is 1. The van der Waals surface area contributed by atoms with Crippen LogP contribution in [0.5, 0.6) is 0 Å². The Morgan fingerprint density at radius 3 is 2.74 bits per heavy atom. The second kappa shape index (κ2) is 10.7. The van der Waals surface area contributed by atoms with Gasteiger partial charge in [-0.2, -0.15) is 11.8 Å². The second-order valence-corrected chi connectivity index (χ2v) is 10.2. The fourth-order valence-corrected chi connectivity index (χ4v) is 6.30. The number of fused-ring (bicyclic) bond motifs is 1. The topological polar surface area (TPSA) is 93.7 Å². The van der Waals surface area contributed by atoms with Crippen LogP contribution in [-0.2, 0) is 17.9 Å². The van der Waals surface area contributed by atoms with E-state index in [1.807, 2.05) is 23.9 Å². The van der Waals surface area contributed by atoms with Crippen molar-refractivity contribution in [3.63, 3.8) is 0 Å². The summed E-state index contributed by atoms with van der Waals surface area (Å²) in [6.07, 6.45) is 4.97. The summed E-state index contributed by atoms with van der Waals surface area (Å²) in [5.74, 6) is 1.08. The maximum absolute atomic E-state index is 12.4. The number of nitrogens with one attached hydrogen (secondary N) is 3. The van der Waals surface area contributed by atoms with Gasteiger partial charge < -0.3 is 21.1 Å². The number of hydrogen-bond acceptors (Lipinski definition) is 5. The molecule has 0 spiro atoms. The van der Waals surface area contributed by atoms with Crippen LogP contribution in [0.3, 0.4) is 0 Å². The van der Waals surface area contributed by atoms with Gasteiger partial charge in [0.1, 0.15) is 0 Å². The lowest BCUT2D eigenvalue weighted by atomic mass is 10.0. The van der Waals surface area contributed by atoms with Crippen LogP contribution in [0.1, 0.15) is 49.7 Å². The lowest BCUT2D eigenvalue weighted by Gasteiger charge is -2.30. The number of nitrogens with zero attached hydrogens (tertiary/aromatic N) is 1. The molecule has 3 aliphatic heterocycles. The number of piperidine rings is 1.